The quantitative estimate of drug-likeness (QED) is 0.604. The zero-order chi connectivity index (χ0) is 22.7. The summed E-state index contributed by atoms with van der Waals surface area (Å²) in [5.74, 6) is 0.590. The summed E-state index contributed by atoms with van der Waals surface area (Å²) in [4.78, 5) is 25.8. The van der Waals surface area contributed by atoms with Crippen LogP contribution in [0, 0.1) is 6.92 Å². The second-order valence-electron chi connectivity index (χ2n) is 7.75. The van der Waals surface area contributed by atoms with Gasteiger partial charge in [0.15, 0.2) is 0 Å². The van der Waals surface area contributed by atoms with Crippen LogP contribution in [0.4, 0.5) is 0 Å². The van der Waals surface area contributed by atoms with E-state index in [4.69, 9.17) is 9.47 Å². The number of para-hydroxylation sites is 1. The number of benzene rings is 1. The second kappa shape index (κ2) is 9.54. The molecule has 4 rings (SSSR count). The van der Waals surface area contributed by atoms with Crippen LogP contribution in [0.2, 0.25) is 0 Å². The molecule has 0 bridgehead atoms. The highest BCUT2D eigenvalue weighted by molar-refractivity contribution is 5.75. The monoisotopic (exact) mass is 439 g/mol. The minimum absolute atomic E-state index is 0.107. The number of carbonyl (C=O) groups is 1. The van der Waals surface area contributed by atoms with Gasteiger partial charge >= 0.3 is 0 Å². The van der Waals surface area contributed by atoms with Crippen LogP contribution in [0.25, 0.3) is 16.9 Å². The van der Waals surface area contributed by atoms with Gasteiger partial charge in [0.1, 0.15) is 11.4 Å². The van der Waals surface area contributed by atoms with Gasteiger partial charge in [0, 0.05) is 48.9 Å². The third kappa shape index (κ3) is 4.26. The number of aromatic nitrogens is 3. The Balaban J connectivity index is 1.65. The van der Waals surface area contributed by atoms with Crippen LogP contribution in [0.5, 0.6) is 5.75 Å². The lowest BCUT2D eigenvalue weighted by Crippen LogP contribution is -2.48. The van der Waals surface area contributed by atoms with Gasteiger partial charge in [-0.1, -0.05) is 12.1 Å². The number of aryl methyl sites for hydroxylation is 1. The largest absolute Gasteiger partial charge is 0.496 e. The fraction of sp³-hybridized carbons (Fsp3) is 0.435. The topological polar surface area (TPSA) is 90.1 Å². The molecule has 1 amide bonds. The first kappa shape index (κ1) is 22.0. The molecule has 32 heavy (non-hydrogen) atoms. The minimum atomic E-state index is -0.192. The highest BCUT2D eigenvalue weighted by Crippen LogP contribution is 2.29. The predicted octanol–water partition coefficient (Wildman–Crippen LogP) is 1.80. The number of ether oxygens (including phenoxy) is 2. The number of nitrogens with zero attached hydrogens (tertiary/aromatic N) is 4. The average Bonchev–Trinajstić information content (AvgIpc) is 3.25. The molecule has 1 saturated heterocycles. The summed E-state index contributed by atoms with van der Waals surface area (Å²) < 4.78 is 14.3. The van der Waals surface area contributed by atoms with Crippen molar-refractivity contribution in [1.82, 2.24) is 24.6 Å². The average molecular weight is 440 g/mol. The van der Waals surface area contributed by atoms with Crippen LogP contribution in [-0.2, 0) is 22.5 Å². The van der Waals surface area contributed by atoms with Crippen LogP contribution in [0.1, 0.15) is 24.6 Å². The van der Waals surface area contributed by atoms with Gasteiger partial charge in [0.2, 0.25) is 5.91 Å². The molecule has 0 aliphatic carbocycles. The Hall–Kier alpha value is -3.17. The summed E-state index contributed by atoms with van der Waals surface area (Å²) in [5, 5.41) is 6.46. The summed E-state index contributed by atoms with van der Waals surface area (Å²) in [6.07, 6.45) is 0.573. The summed E-state index contributed by atoms with van der Waals surface area (Å²) >= 11 is 0. The van der Waals surface area contributed by atoms with Crippen LogP contribution >= 0.6 is 0 Å². The van der Waals surface area contributed by atoms with Gasteiger partial charge in [0.25, 0.3) is 5.56 Å². The Bertz CT molecular complexity index is 1180. The molecule has 1 fully saturated rings. The zero-order valence-electron chi connectivity index (χ0n) is 18.8. The fourth-order valence-corrected chi connectivity index (χ4v) is 4.15. The highest BCUT2D eigenvalue weighted by Gasteiger charge is 2.19. The minimum Gasteiger partial charge on any atom is -0.496 e. The van der Waals surface area contributed by atoms with E-state index in [9.17, 15) is 9.59 Å². The zero-order valence-corrected chi connectivity index (χ0v) is 18.8. The van der Waals surface area contributed by atoms with Crippen molar-refractivity contribution in [3.8, 4) is 17.0 Å². The Morgan fingerprint density at radius 1 is 1.25 bits per heavy atom. The first-order valence-corrected chi connectivity index (χ1v) is 10.9. The summed E-state index contributed by atoms with van der Waals surface area (Å²) in [5.41, 5.74) is 6.38. The Morgan fingerprint density at radius 2 is 2.00 bits per heavy atom. The number of morpholine rings is 1. The van der Waals surface area contributed by atoms with E-state index in [-0.39, 0.29) is 17.9 Å². The van der Waals surface area contributed by atoms with Crippen molar-refractivity contribution in [2.24, 2.45) is 0 Å². The van der Waals surface area contributed by atoms with Crippen molar-refractivity contribution < 1.29 is 14.3 Å². The molecule has 0 unspecified atom stereocenters. The molecule has 1 N–H and O–H groups in total. The van der Waals surface area contributed by atoms with Gasteiger partial charge < -0.3 is 14.0 Å². The number of hydrazine groups is 1. The second-order valence-corrected chi connectivity index (χ2v) is 7.75. The SMILES string of the molecule is CCn1c(C)c(CCC(=O)NN2CCOCC2)c(=O)n2nc(-c3ccccc3OC)cc12. The number of hydrogen-bond acceptors (Lipinski definition) is 6. The third-order valence-electron chi connectivity index (χ3n) is 5.85. The molecule has 3 aromatic rings. The van der Waals surface area contributed by atoms with Crippen molar-refractivity contribution in [2.45, 2.75) is 33.2 Å². The van der Waals surface area contributed by atoms with E-state index in [2.05, 4.69) is 15.1 Å². The van der Waals surface area contributed by atoms with Crippen LogP contribution in [0.3, 0.4) is 0 Å². The number of nitrogens with one attached hydrogen (secondary N) is 1. The van der Waals surface area contributed by atoms with Crippen molar-refractivity contribution in [1.29, 1.82) is 0 Å². The van der Waals surface area contributed by atoms with Crippen molar-refractivity contribution in [3.05, 3.63) is 51.9 Å². The maximum atomic E-state index is 13.3. The molecule has 3 heterocycles. The number of hydrogen-bond donors (Lipinski definition) is 1. The standard InChI is InChI=1S/C23H29N5O4/c1-4-27-16(2)17(9-10-21(29)25-26-11-13-32-14-12-26)23(30)28-22(27)15-19(24-28)18-7-5-6-8-20(18)31-3/h5-8,15H,4,9-14H2,1-3H3,(H,25,29). The van der Waals surface area contributed by atoms with E-state index in [1.165, 1.54) is 4.52 Å². The molecule has 1 aliphatic rings. The molecule has 0 spiro atoms. The van der Waals surface area contributed by atoms with Crippen LogP contribution < -0.4 is 15.7 Å². The summed E-state index contributed by atoms with van der Waals surface area (Å²) in [6, 6.07) is 9.51. The van der Waals surface area contributed by atoms with Crippen LogP contribution in [0.15, 0.2) is 35.1 Å². The Morgan fingerprint density at radius 3 is 2.72 bits per heavy atom. The molecule has 1 aromatic carbocycles. The van der Waals surface area contributed by atoms with Crippen LogP contribution in [-0.4, -0.2) is 58.5 Å². The molecular formula is C23H29N5O4. The lowest BCUT2D eigenvalue weighted by Gasteiger charge is -2.27. The summed E-state index contributed by atoms with van der Waals surface area (Å²) in [6.45, 7) is 7.17. The normalized spacial score (nSPS) is 14.6. The molecule has 9 heteroatoms. The first-order chi connectivity index (χ1) is 15.5. The van der Waals surface area contributed by atoms with Gasteiger partial charge in [-0.05, 0) is 32.4 Å². The third-order valence-corrected chi connectivity index (χ3v) is 5.85. The molecule has 0 radical (unpaired) electrons. The van der Waals surface area contributed by atoms with E-state index >= 15 is 0 Å². The first-order valence-electron chi connectivity index (χ1n) is 10.9. The Kier molecular flexibility index (Phi) is 6.57. The van der Waals surface area contributed by atoms with Gasteiger partial charge in [-0.3, -0.25) is 15.0 Å². The molecule has 170 valence electrons. The number of carbonyl (C=O) groups excluding carboxylic acids is 1. The van der Waals surface area contributed by atoms with Gasteiger partial charge in [-0.2, -0.15) is 9.61 Å². The van der Waals surface area contributed by atoms with E-state index in [0.29, 0.717) is 56.3 Å². The molecule has 1 aliphatic heterocycles. The maximum absolute atomic E-state index is 13.3. The molecular weight excluding hydrogens is 410 g/mol. The molecule has 0 atom stereocenters. The number of amides is 1. The Labute approximate surface area is 186 Å². The van der Waals surface area contributed by atoms with Crippen molar-refractivity contribution in [3.63, 3.8) is 0 Å². The fourth-order valence-electron chi connectivity index (χ4n) is 4.15. The number of rotatable bonds is 7. The summed E-state index contributed by atoms with van der Waals surface area (Å²) in [7, 11) is 1.62. The lowest BCUT2D eigenvalue weighted by molar-refractivity contribution is -0.127. The maximum Gasteiger partial charge on any atom is 0.277 e. The van der Waals surface area contributed by atoms with Gasteiger partial charge in [0.05, 0.1) is 26.0 Å². The van der Waals surface area contributed by atoms with E-state index in [0.717, 1.165) is 16.9 Å². The van der Waals surface area contributed by atoms with E-state index in [1.54, 1.807) is 7.11 Å². The molecule has 9 nitrogen and oxygen atoms in total. The number of methoxy groups -OCH3 is 1. The van der Waals surface area contributed by atoms with Gasteiger partial charge in [-0.15, -0.1) is 0 Å². The van der Waals surface area contributed by atoms with E-state index in [1.807, 2.05) is 49.2 Å². The highest BCUT2D eigenvalue weighted by atomic mass is 16.5. The van der Waals surface area contributed by atoms with Crippen molar-refractivity contribution >= 4 is 11.6 Å². The molecule has 2 aromatic heterocycles. The van der Waals surface area contributed by atoms with E-state index < -0.39 is 0 Å². The van der Waals surface area contributed by atoms with Crippen molar-refractivity contribution in [2.75, 3.05) is 33.4 Å². The van der Waals surface area contributed by atoms with Gasteiger partial charge in [-0.25, -0.2) is 5.01 Å². The number of fused-ring (bicyclic) bond motifs is 1. The molecule has 0 saturated carbocycles. The lowest BCUT2D eigenvalue weighted by atomic mass is 10.1. The smallest absolute Gasteiger partial charge is 0.277 e. The predicted molar refractivity (Wildman–Crippen MR) is 121 cm³/mol.